The third kappa shape index (κ3) is 4.24. The van der Waals surface area contributed by atoms with Gasteiger partial charge in [-0.1, -0.05) is 24.9 Å². The number of nitrogens with zero attached hydrogens (tertiary/aromatic N) is 2. The molecule has 1 aromatic heterocycles. The minimum atomic E-state index is -1.48. The molecule has 0 atom stereocenters. The molecule has 2 aromatic rings. The van der Waals surface area contributed by atoms with Crippen molar-refractivity contribution in [3.63, 3.8) is 0 Å². The molecule has 21 heavy (non-hydrogen) atoms. The smallest absolute Gasteiger partial charge is 0.545 e. The van der Waals surface area contributed by atoms with Crippen molar-refractivity contribution < 1.29 is 61.3 Å². The van der Waals surface area contributed by atoms with E-state index in [0.717, 1.165) is 6.20 Å². The van der Waals surface area contributed by atoms with Crippen molar-refractivity contribution in [1.82, 2.24) is 9.78 Å². The number of carbonyl (C=O) groups is 1. The molecule has 7 heteroatoms. The number of benzene rings is 1. The number of aromatic carboxylic acids is 1. The van der Waals surface area contributed by atoms with E-state index in [4.69, 9.17) is 11.6 Å². The Balaban J connectivity index is 0.00000220. The summed E-state index contributed by atoms with van der Waals surface area (Å²) in [6, 6.07) is 6.76. The molecule has 0 fully saturated rings. The van der Waals surface area contributed by atoms with Crippen LogP contribution < -0.4 is 61.9 Å². The maximum Gasteiger partial charge on any atom is 1.00 e. The second-order valence-corrected chi connectivity index (χ2v) is 4.69. The first-order valence-electron chi connectivity index (χ1n) is 6.13. The van der Waals surface area contributed by atoms with Gasteiger partial charge < -0.3 is 9.90 Å². The molecule has 0 saturated carbocycles. The molecule has 0 spiro atoms. The van der Waals surface area contributed by atoms with E-state index in [2.05, 4.69) is 5.10 Å². The van der Waals surface area contributed by atoms with Crippen LogP contribution in [0.5, 0.6) is 0 Å². The Morgan fingerprint density at radius 3 is 2.48 bits per heavy atom. The normalized spacial score (nSPS) is 10.0. The minimum Gasteiger partial charge on any atom is -0.545 e. The zero-order valence-electron chi connectivity index (χ0n) is 11.8. The fraction of sp³-hybridized carbons (Fsp3) is 0.214. The third-order valence-electron chi connectivity index (χ3n) is 2.84. The number of halogens is 1. The van der Waals surface area contributed by atoms with Crippen LogP contribution in [0.4, 0.5) is 0 Å². The molecule has 0 radical (unpaired) electrons. The van der Waals surface area contributed by atoms with E-state index in [1.165, 1.54) is 4.68 Å². The number of hydrogen-bond donors (Lipinski definition) is 0. The third-order valence-corrected chi connectivity index (χ3v) is 3.10. The standard InChI is InChI=1S/C14H13ClN2O3.K/c1-2-3-11-13(14(19)20)12(18)8-16-17(11)10-6-4-9(15)5-7-10;/h4-8H,2-3H2,1H3,(H,19,20);/q;+1/p-1. The quantitative estimate of drug-likeness (QED) is 0.620. The fourth-order valence-corrected chi connectivity index (χ4v) is 2.11. The van der Waals surface area contributed by atoms with Gasteiger partial charge in [-0.25, -0.2) is 4.68 Å². The Morgan fingerprint density at radius 1 is 1.33 bits per heavy atom. The number of carboxylic acids is 1. The van der Waals surface area contributed by atoms with Gasteiger partial charge in [-0.15, -0.1) is 0 Å². The van der Waals surface area contributed by atoms with Crippen LogP contribution in [0.25, 0.3) is 5.69 Å². The predicted molar refractivity (Wildman–Crippen MR) is 73.2 cm³/mol. The van der Waals surface area contributed by atoms with Crippen LogP contribution in [0.15, 0.2) is 35.3 Å². The van der Waals surface area contributed by atoms with Crippen LogP contribution >= 0.6 is 11.6 Å². The van der Waals surface area contributed by atoms with Crippen LogP contribution in [0.1, 0.15) is 29.4 Å². The molecular weight excluding hydrogens is 319 g/mol. The summed E-state index contributed by atoms with van der Waals surface area (Å²) in [5.41, 5.74) is -0.00173. The van der Waals surface area contributed by atoms with E-state index < -0.39 is 11.4 Å². The van der Waals surface area contributed by atoms with Crippen LogP contribution in [0.2, 0.25) is 5.02 Å². The maximum atomic E-state index is 11.7. The van der Waals surface area contributed by atoms with Crippen molar-refractivity contribution >= 4 is 17.6 Å². The summed E-state index contributed by atoms with van der Waals surface area (Å²) < 4.78 is 1.44. The Bertz CT molecular complexity index is 698. The van der Waals surface area contributed by atoms with E-state index in [1.54, 1.807) is 24.3 Å². The van der Waals surface area contributed by atoms with Gasteiger partial charge in [0, 0.05) is 5.02 Å². The summed E-state index contributed by atoms with van der Waals surface area (Å²) in [4.78, 5) is 22.9. The van der Waals surface area contributed by atoms with Crippen molar-refractivity contribution in [3.8, 4) is 5.69 Å². The predicted octanol–water partition coefficient (Wildman–Crippen LogP) is -1.79. The van der Waals surface area contributed by atoms with Crippen LogP contribution in [0.3, 0.4) is 0 Å². The molecule has 0 aliphatic rings. The zero-order valence-corrected chi connectivity index (χ0v) is 15.7. The number of hydrogen-bond acceptors (Lipinski definition) is 4. The van der Waals surface area contributed by atoms with Gasteiger partial charge in [0.2, 0.25) is 5.43 Å². The first kappa shape index (κ1) is 18.5. The largest absolute Gasteiger partial charge is 1.00 e. The van der Waals surface area contributed by atoms with Gasteiger partial charge in [0.25, 0.3) is 0 Å². The molecule has 1 heterocycles. The average molecular weight is 331 g/mol. The van der Waals surface area contributed by atoms with E-state index in [-0.39, 0.29) is 56.9 Å². The average Bonchev–Trinajstić information content (AvgIpc) is 2.40. The second kappa shape index (κ2) is 8.21. The van der Waals surface area contributed by atoms with Gasteiger partial charge in [-0.05, 0) is 30.7 Å². The van der Waals surface area contributed by atoms with Crippen LogP contribution in [-0.2, 0) is 6.42 Å². The van der Waals surface area contributed by atoms with Gasteiger partial charge >= 0.3 is 51.4 Å². The van der Waals surface area contributed by atoms with E-state index in [1.807, 2.05) is 6.92 Å². The Kier molecular flexibility index (Phi) is 7.25. The summed E-state index contributed by atoms with van der Waals surface area (Å²) in [6.07, 6.45) is 2.08. The summed E-state index contributed by atoms with van der Waals surface area (Å²) >= 11 is 5.82. The first-order valence-corrected chi connectivity index (χ1v) is 6.51. The SMILES string of the molecule is CCCc1c(C(=O)[O-])c(=O)cnn1-c1ccc(Cl)cc1.[K+]. The molecule has 1 aromatic carbocycles. The topological polar surface area (TPSA) is 75.0 Å². The first-order chi connectivity index (χ1) is 9.54. The Hall–Kier alpha value is -0.504. The summed E-state index contributed by atoms with van der Waals surface area (Å²) in [7, 11) is 0. The van der Waals surface area contributed by atoms with E-state index >= 15 is 0 Å². The van der Waals surface area contributed by atoms with E-state index in [9.17, 15) is 14.7 Å². The summed E-state index contributed by atoms with van der Waals surface area (Å²) in [5.74, 6) is -1.48. The summed E-state index contributed by atoms with van der Waals surface area (Å²) in [5, 5.41) is 15.8. The molecule has 0 unspecified atom stereocenters. The van der Waals surface area contributed by atoms with Gasteiger partial charge in [0.15, 0.2) is 0 Å². The Morgan fingerprint density at radius 2 is 1.95 bits per heavy atom. The van der Waals surface area contributed by atoms with Crippen LogP contribution in [0, 0.1) is 0 Å². The monoisotopic (exact) mass is 330 g/mol. The molecule has 104 valence electrons. The molecule has 0 saturated heterocycles. The molecule has 0 amide bonds. The van der Waals surface area contributed by atoms with Crippen molar-refractivity contribution in [1.29, 1.82) is 0 Å². The second-order valence-electron chi connectivity index (χ2n) is 4.26. The molecule has 0 aliphatic heterocycles. The maximum absolute atomic E-state index is 11.7. The van der Waals surface area contributed by atoms with Gasteiger partial charge in [-0.3, -0.25) is 4.79 Å². The number of carboxylic acid groups (broad SMARTS) is 1. The molecule has 0 bridgehead atoms. The van der Waals surface area contributed by atoms with E-state index in [0.29, 0.717) is 29.2 Å². The van der Waals surface area contributed by atoms with Crippen molar-refractivity contribution in [2.45, 2.75) is 19.8 Å². The van der Waals surface area contributed by atoms with Crippen LogP contribution in [-0.4, -0.2) is 15.7 Å². The van der Waals surface area contributed by atoms with Gasteiger partial charge in [-0.2, -0.15) is 5.10 Å². The van der Waals surface area contributed by atoms with Gasteiger partial charge in [0.1, 0.15) is 0 Å². The fourth-order valence-electron chi connectivity index (χ4n) is 1.98. The van der Waals surface area contributed by atoms with Crippen molar-refractivity contribution in [2.75, 3.05) is 0 Å². The molecule has 5 nitrogen and oxygen atoms in total. The van der Waals surface area contributed by atoms with Crippen molar-refractivity contribution in [3.05, 3.63) is 57.0 Å². The van der Waals surface area contributed by atoms with Crippen molar-refractivity contribution in [2.24, 2.45) is 0 Å². The minimum absolute atomic E-state index is 0. The zero-order chi connectivity index (χ0) is 14.7. The van der Waals surface area contributed by atoms with Gasteiger partial charge in [0.05, 0.1) is 29.1 Å². The molecule has 2 rings (SSSR count). The summed E-state index contributed by atoms with van der Waals surface area (Å²) in [6.45, 7) is 1.89. The Labute approximate surface area is 169 Å². The number of rotatable bonds is 4. The molecular formula is C14H12ClKN2O3. The molecule has 0 aliphatic carbocycles. The molecule has 0 N–H and O–H groups in total. The number of aromatic nitrogens is 2. The number of carbonyl (C=O) groups excluding carboxylic acids is 1.